The summed E-state index contributed by atoms with van der Waals surface area (Å²) in [5, 5.41) is 6.93. The van der Waals surface area contributed by atoms with E-state index in [-0.39, 0.29) is 0 Å². The van der Waals surface area contributed by atoms with Crippen molar-refractivity contribution in [3.63, 3.8) is 0 Å². The minimum Gasteiger partial charge on any atom is -0.280 e. The Hall–Kier alpha value is -0.900. The number of halogens is 1. The van der Waals surface area contributed by atoms with Gasteiger partial charge in [-0.15, -0.1) is 0 Å². The summed E-state index contributed by atoms with van der Waals surface area (Å²) in [5.74, 6) is 0. The van der Waals surface area contributed by atoms with E-state index in [1.54, 1.807) is 6.20 Å². The number of hydrogen-bond donors (Lipinski definition) is 1. The quantitative estimate of drug-likeness (QED) is 0.725. The Labute approximate surface area is 72.0 Å². The van der Waals surface area contributed by atoms with Gasteiger partial charge in [-0.3, -0.25) is 10.1 Å². The first-order valence-electron chi connectivity index (χ1n) is 3.23. The van der Waals surface area contributed by atoms with Crippen molar-refractivity contribution >= 4 is 27.0 Å². The summed E-state index contributed by atoms with van der Waals surface area (Å²) in [6.45, 7) is 1.95. The zero-order valence-electron chi connectivity index (χ0n) is 5.93. The van der Waals surface area contributed by atoms with Crippen molar-refractivity contribution in [2.75, 3.05) is 0 Å². The maximum atomic E-state index is 4.20. The summed E-state index contributed by atoms with van der Waals surface area (Å²) in [6, 6.07) is 1.94. The van der Waals surface area contributed by atoms with E-state index in [0.717, 1.165) is 21.2 Å². The van der Waals surface area contributed by atoms with Crippen molar-refractivity contribution in [1.82, 2.24) is 15.2 Å². The average Bonchev–Trinajstić information content (AvgIpc) is 2.32. The van der Waals surface area contributed by atoms with Crippen LogP contribution >= 0.6 is 15.9 Å². The molecule has 0 bridgehead atoms. The Balaban J connectivity index is 2.86. The number of aryl methyl sites for hydroxylation is 1. The molecule has 2 aromatic heterocycles. The van der Waals surface area contributed by atoms with Crippen molar-refractivity contribution < 1.29 is 0 Å². The number of nitrogens with zero attached hydrogens (tertiary/aromatic N) is 2. The molecule has 0 aliphatic heterocycles. The van der Waals surface area contributed by atoms with Crippen LogP contribution in [0.4, 0.5) is 0 Å². The number of aromatic amines is 1. The van der Waals surface area contributed by atoms with Crippen LogP contribution in [-0.4, -0.2) is 15.2 Å². The summed E-state index contributed by atoms with van der Waals surface area (Å²) < 4.78 is 0.955. The molecule has 0 aliphatic carbocycles. The third-order valence-electron chi connectivity index (χ3n) is 1.53. The lowest BCUT2D eigenvalue weighted by Gasteiger charge is -1.88. The summed E-state index contributed by atoms with van der Waals surface area (Å²) in [7, 11) is 0. The lowest BCUT2D eigenvalue weighted by atomic mass is 10.3. The fourth-order valence-electron chi connectivity index (χ4n) is 1.000. The molecule has 0 unspecified atom stereocenters. The van der Waals surface area contributed by atoms with Gasteiger partial charge in [0.25, 0.3) is 0 Å². The summed E-state index contributed by atoms with van der Waals surface area (Å²) in [4.78, 5) is 4.20. The van der Waals surface area contributed by atoms with Crippen LogP contribution in [0.5, 0.6) is 0 Å². The van der Waals surface area contributed by atoms with Crippen LogP contribution in [0.25, 0.3) is 11.0 Å². The maximum Gasteiger partial charge on any atom is 0.112 e. The number of aromatic nitrogens is 3. The molecule has 0 spiro atoms. The maximum absolute atomic E-state index is 4.20. The largest absolute Gasteiger partial charge is 0.280 e. The second kappa shape index (κ2) is 2.30. The van der Waals surface area contributed by atoms with Gasteiger partial charge in [-0.25, -0.2) is 0 Å². The van der Waals surface area contributed by atoms with E-state index in [9.17, 15) is 0 Å². The van der Waals surface area contributed by atoms with E-state index in [1.807, 2.05) is 13.0 Å². The fraction of sp³-hybridized carbons (Fsp3) is 0.143. The van der Waals surface area contributed by atoms with Crippen molar-refractivity contribution in [2.24, 2.45) is 0 Å². The van der Waals surface area contributed by atoms with Gasteiger partial charge in [0.1, 0.15) is 11.0 Å². The Bertz CT molecular complexity index is 393. The molecule has 4 heteroatoms. The highest BCUT2D eigenvalue weighted by molar-refractivity contribution is 9.10. The number of H-pyrrole nitrogens is 1. The minimum absolute atomic E-state index is 0.900. The molecule has 0 fully saturated rings. The molecular weight excluding hydrogens is 206 g/mol. The fourth-order valence-corrected chi connectivity index (χ4v) is 1.32. The Kier molecular flexibility index (Phi) is 1.42. The smallest absolute Gasteiger partial charge is 0.112 e. The highest BCUT2D eigenvalue weighted by Crippen LogP contribution is 2.16. The second-order valence-electron chi connectivity index (χ2n) is 2.37. The molecule has 0 radical (unpaired) electrons. The molecule has 2 aromatic rings. The van der Waals surface area contributed by atoms with E-state index in [4.69, 9.17) is 0 Å². The van der Waals surface area contributed by atoms with Crippen molar-refractivity contribution in [3.05, 3.63) is 22.4 Å². The van der Waals surface area contributed by atoms with Crippen LogP contribution in [0.2, 0.25) is 0 Å². The zero-order valence-corrected chi connectivity index (χ0v) is 7.51. The minimum atomic E-state index is 0.900. The normalized spacial score (nSPS) is 10.7. The first-order valence-corrected chi connectivity index (χ1v) is 4.03. The predicted molar refractivity (Wildman–Crippen MR) is 46.3 cm³/mol. The molecule has 3 nitrogen and oxygen atoms in total. The van der Waals surface area contributed by atoms with Crippen LogP contribution < -0.4 is 0 Å². The van der Waals surface area contributed by atoms with Gasteiger partial charge in [0.2, 0.25) is 0 Å². The van der Waals surface area contributed by atoms with Gasteiger partial charge in [0.15, 0.2) is 0 Å². The first-order chi connectivity index (χ1) is 5.27. The first kappa shape index (κ1) is 6.79. The van der Waals surface area contributed by atoms with Gasteiger partial charge in [-0.1, -0.05) is 0 Å². The summed E-state index contributed by atoms with van der Waals surface area (Å²) >= 11 is 3.33. The molecule has 0 saturated carbocycles. The van der Waals surface area contributed by atoms with Crippen molar-refractivity contribution in [2.45, 2.75) is 6.92 Å². The molecule has 2 heterocycles. The molecule has 0 atom stereocenters. The standard InChI is InChI=1S/C7H6BrN3/c1-4-7-6(11-10-4)2-5(8)3-9-7/h2-3H,1H3,(H,10,11). The monoisotopic (exact) mass is 211 g/mol. The van der Waals surface area contributed by atoms with E-state index >= 15 is 0 Å². The third-order valence-corrected chi connectivity index (χ3v) is 1.97. The Morgan fingerprint density at radius 3 is 3.18 bits per heavy atom. The van der Waals surface area contributed by atoms with Gasteiger partial charge in [-0.2, -0.15) is 5.10 Å². The van der Waals surface area contributed by atoms with Crippen molar-refractivity contribution in [1.29, 1.82) is 0 Å². The highest BCUT2D eigenvalue weighted by atomic mass is 79.9. The van der Waals surface area contributed by atoms with Crippen LogP contribution in [0.3, 0.4) is 0 Å². The van der Waals surface area contributed by atoms with Crippen LogP contribution in [0.15, 0.2) is 16.7 Å². The highest BCUT2D eigenvalue weighted by Gasteiger charge is 2.01. The molecule has 0 amide bonds. The predicted octanol–water partition coefficient (Wildman–Crippen LogP) is 2.03. The van der Waals surface area contributed by atoms with Crippen LogP contribution in [0.1, 0.15) is 5.69 Å². The number of fused-ring (bicyclic) bond motifs is 1. The van der Waals surface area contributed by atoms with Gasteiger partial charge < -0.3 is 0 Å². The lowest BCUT2D eigenvalue weighted by Crippen LogP contribution is -1.75. The Morgan fingerprint density at radius 2 is 2.36 bits per heavy atom. The number of nitrogens with one attached hydrogen (secondary N) is 1. The van der Waals surface area contributed by atoms with Gasteiger partial charge >= 0.3 is 0 Å². The molecule has 0 saturated heterocycles. The number of hydrogen-bond acceptors (Lipinski definition) is 2. The zero-order chi connectivity index (χ0) is 7.84. The molecule has 0 aromatic carbocycles. The SMILES string of the molecule is Cc1[nH]nc2cc(Br)cnc12. The lowest BCUT2D eigenvalue weighted by molar-refractivity contribution is 1.07. The number of rotatable bonds is 0. The van der Waals surface area contributed by atoms with E-state index < -0.39 is 0 Å². The van der Waals surface area contributed by atoms with E-state index in [1.165, 1.54) is 0 Å². The molecule has 0 aliphatic rings. The van der Waals surface area contributed by atoms with E-state index in [0.29, 0.717) is 0 Å². The molecule has 56 valence electrons. The van der Waals surface area contributed by atoms with Gasteiger partial charge in [0, 0.05) is 10.7 Å². The summed E-state index contributed by atoms with van der Waals surface area (Å²) in [6.07, 6.45) is 1.77. The second-order valence-corrected chi connectivity index (χ2v) is 3.29. The van der Waals surface area contributed by atoms with Gasteiger partial charge in [0.05, 0.1) is 5.69 Å². The van der Waals surface area contributed by atoms with Crippen molar-refractivity contribution in [3.8, 4) is 0 Å². The summed E-state index contributed by atoms with van der Waals surface area (Å²) in [5.41, 5.74) is 2.84. The topological polar surface area (TPSA) is 41.6 Å². The number of pyridine rings is 1. The van der Waals surface area contributed by atoms with Gasteiger partial charge in [-0.05, 0) is 28.9 Å². The van der Waals surface area contributed by atoms with E-state index in [2.05, 4.69) is 31.1 Å². The van der Waals surface area contributed by atoms with Crippen LogP contribution in [0, 0.1) is 6.92 Å². The van der Waals surface area contributed by atoms with Crippen LogP contribution in [-0.2, 0) is 0 Å². The molecular formula is C7H6BrN3. The Morgan fingerprint density at radius 1 is 1.55 bits per heavy atom. The average molecular weight is 212 g/mol. The molecule has 11 heavy (non-hydrogen) atoms. The molecule has 1 N–H and O–H groups in total. The third kappa shape index (κ3) is 1.03. The molecule has 2 rings (SSSR count).